The van der Waals surface area contributed by atoms with E-state index in [0.717, 1.165) is 57.7 Å². The predicted octanol–water partition coefficient (Wildman–Crippen LogP) is 3.79. The lowest BCUT2D eigenvalue weighted by atomic mass is 9.92. The van der Waals surface area contributed by atoms with Gasteiger partial charge in [0.25, 0.3) is 0 Å². The predicted molar refractivity (Wildman–Crippen MR) is 116 cm³/mol. The molecular formula is C24H37N3O. The fraction of sp³-hybridized carbons (Fsp3) is 0.625. The van der Waals surface area contributed by atoms with Crippen LogP contribution in [-0.2, 0) is 11.3 Å². The van der Waals surface area contributed by atoms with Crippen LogP contribution in [0.15, 0.2) is 42.5 Å². The highest BCUT2D eigenvalue weighted by Crippen LogP contribution is 2.26. The summed E-state index contributed by atoms with van der Waals surface area (Å²) in [6.45, 7) is 15.0. The van der Waals surface area contributed by atoms with E-state index < -0.39 is 0 Å². The van der Waals surface area contributed by atoms with Crippen LogP contribution >= 0.6 is 0 Å². The first-order chi connectivity index (χ1) is 13.6. The first-order valence-corrected chi connectivity index (χ1v) is 11.0. The lowest BCUT2D eigenvalue weighted by Crippen LogP contribution is -2.51. The lowest BCUT2D eigenvalue weighted by Gasteiger charge is -2.42. The summed E-state index contributed by atoms with van der Waals surface area (Å²) in [5.41, 5.74) is 2.47. The van der Waals surface area contributed by atoms with Crippen LogP contribution in [0.1, 0.15) is 45.1 Å². The third kappa shape index (κ3) is 5.68. The molecule has 2 aliphatic rings. The van der Waals surface area contributed by atoms with Crippen molar-refractivity contribution in [2.75, 3.05) is 39.3 Å². The van der Waals surface area contributed by atoms with Gasteiger partial charge in [0.05, 0.1) is 5.92 Å². The van der Waals surface area contributed by atoms with Crippen LogP contribution in [0.2, 0.25) is 0 Å². The molecule has 0 radical (unpaired) electrons. The van der Waals surface area contributed by atoms with Crippen molar-refractivity contribution in [3.8, 4) is 0 Å². The molecule has 28 heavy (non-hydrogen) atoms. The van der Waals surface area contributed by atoms with E-state index in [2.05, 4.69) is 53.6 Å². The Hall–Kier alpha value is -1.65. The summed E-state index contributed by atoms with van der Waals surface area (Å²) in [5, 5.41) is 0. The molecule has 3 rings (SSSR count). The second-order valence-electron chi connectivity index (χ2n) is 8.64. The second kappa shape index (κ2) is 10.2. The summed E-state index contributed by atoms with van der Waals surface area (Å²) in [7, 11) is 0. The second-order valence-corrected chi connectivity index (χ2v) is 8.64. The van der Waals surface area contributed by atoms with Crippen LogP contribution in [0.25, 0.3) is 0 Å². The van der Waals surface area contributed by atoms with E-state index in [9.17, 15) is 4.79 Å². The van der Waals surface area contributed by atoms with Gasteiger partial charge in [0.15, 0.2) is 0 Å². The Morgan fingerprint density at radius 2 is 1.86 bits per heavy atom. The van der Waals surface area contributed by atoms with Crippen molar-refractivity contribution in [3.63, 3.8) is 0 Å². The number of hydrogen-bond acceptors (Lipinski definition) is 3. The van der Waals surface area contributed by atoms with E-state index in [4.69, 9.17) is 0 Å². The molecule has 2 fully saturated rings. The van der Waals surface area contributed by atoms with E-state index in [1.807, 2.05) is 11.8 Å². The molecule has 2 aliphatic heterocycles. The average molecular weight is 384 g/mol. The molecule has 1 atom stereocenters. The maximum atomic E-state index is 13.0. The number of hydrogen-bond donors (Lipinski definition) is 0. The highest BCUT2D eigenvalue weighted by Gasteiger charge is 2.33. The quantitative estimate of drug-likeness (QED) is 0.670. The third-order valence-electron chi connectivity index (χ3n) is 6.28. The highest BCUT2D eigenvalue weighted by molar-refractivity contribution is 5.79. The van der Waals surface area contributed by atoms with Crippen molar-refractivity contribution in [3.05, 3.63) is 48.0 Å². The number of amides is 1. The summed E-state index contributed by atoms with van der Waals surface area (Å²) in [5.74, 6) is 0.493. The number of carbonyl (C=O) groups excluding carboxylic acids is 1. The smallest absolute Gasteiger partial charge is 0.227 e. The van der Waals surface area contributed by atoms with Gasteiger partial charge in [-0.2, -0.15) is 0 Å². The number of carbonyl (C=O) groups is 1. The third-order valence-corrected chi connectivity index (χ3v) is 6.28. The van der Waals surface area contributed by atoms with Gasteiger partial charge in [0, 0.05) is 32.2 Å². The molecule has 4 heteroatoms. The zero-order chi connectivity index (χ0) is 19.9. The van der Waals surface area contributed by atoms with E-state index in [1.54, 1.807) is 0 Å². The summed E-state index contributed by atoms with van der Waals surface area (Å²) < 4.78 is 0. The van der Waals surface area contributed by atoms with Crippen molar-refractivity contribution in [2.24, 2.45) is 5.92 Å². The number of piperidine rings is 2. The molecule has 0 aromatic heterocycles. The minimum atomic E-state index is 0.162. The largest absolute Gasteiger partial charge is 0.339 e. The van der Waals surface area contributed by atoms with Crippen LogP contribution in [0.4, 0.5) is 0 Å². The molecule has 1 aromatic rings. The number of benzene rings is 1. The Morgan fingerprint density at radius 3 is 2.50 bits per heavy atom. The molecule has 0 saturated carbocycles. The molecule has 0 spiro atoms. The number of nitrogens with zero attached hydrogens (tertiary/aromatic N) is 3. The normalized spacial score (nSPS) is 22.1. The summed E-state index contributed by atoms with van der Waals surface area (Å²) in [4.78, 5) is 20.2. The first kappa shape index (κ1) is 21.1. The maximum Gasteiger partial charge on any atom is 0.227 e. The van der Waals surface area contributed by atoms with E-state index in [-0.39, 0.29) is 5.92 Å². The SMILES string of the molecule is C=C(C)CN(CC)C(=O)C1CCCN(C2CCN(Cc3ccccc3)CC2)C1. The van der Waals surface area contributed by atoms with Crippen LogP contribution in [0.3, 0.4) is 0 Å². The van der Waals surface area contributed by atoms with Crippen molar-refractivity contribution in [1.82, 2.24) is 14.7 Å². The molecule has 0 N–H and O–H groups in total. The fourth-order valence-electron chi connectivity index (χ4n) is 4.75. The standard InChI is InChI=1S/C24H37N3O/c1-4-26(17-20(2)3)24(28)22-11-8-14-27(19-22)23-12-15-25(16-13-23)18-21-9-6-5-7-10-21/h5-7,9-10,22-23H,2,4,8,11-19H2,1,3H3. The van der Waals surface area contributed by atoms with Crippen molar-refractivity contribution < 1.29 is 4.79 Å². The van der Waals surface area contributed by atoms with Gasteiger partial charge in [-0.1, -0.05) is 42.5 Å². The zero-order valence-electron chi connectivity index (χ0n) is 17.8. The molecule has 4 nitrogen and oxygen atoms in total. The van der Waals surface area contributed by atoms with E-state index in [1.165, 1.54) is 18.4 Å². The van der Waals surface area contributed by atoms with E-state index in [0.29, 0.717) is 18.5 Å². The fourth-order valence-corrected chi connectivity index (χ4v) is 4.75. The van der Waals surface area contributed by atoms with Crippen LogP contribution in [0.5, 0.6) is 0 Å². The highest BCUT2D eigenvalue weighted by atomic mass is 16.2. The molecule has 2 heterocycles. The first-order valence-electron chi connectivity index (χ1n) is 11.0. The van der Waals surface area contributed by atoms with Gasteiger partial charge in [-0.25, -0.2) is 0 Å². The number of rotatable bonds is 7. The molecule has 1 unspecified atom stereocenters. The minimum absolute atomic E-state index is 0.162. The van der Waals surface area contributed by atoms with Gasteiger partial charge < -0.3 is 4.90 Å². The van der Waals surface area contributed by atoms with E-state index >= 15 is 0 Å². The van der Waals surface area contributed by atoms with Crippen molar-refractivity contribution in [1.29, 1.82) is 0 Å². The summed E-state index contributed by atoms with van der Waals surface area (Å²) >= 11 is 0. The average Bonchev–Trinajstić information content (AvgIpc) is 2.73. The van der Waals surface area contributed by atoms with Gasteiger partial charge in [-0.05, 0) is 64.7 Å². The van der Waals surface area contributed by atoms with Crippen LogP contribution < -0.4 is 0 Å². The molecule has 1 amide bonds. The Bertz CT molecular complexity index is 637. The monoisotopic (exact) mass is 383 g/mol. The molecular weight excluding hydrogens is 346 g/mol. The summed E-state index contributed by atoms with van der Waals surface area (Å²) in [6.07, 6.45) is 4.62. The lowest BCUT2D eigenvalue weighted by molar-refractivity contribution is -0.137. The Kier molecular flexibility index (Phi) is 7.69. The van der Waals surface area contributed by atoms with Gasteiger partial charge in [0.2, 0.25) is 5.91 Å². The van der Waals surface area contributed by atoms with Crippen molar-refractivity contribution in [2.45, 2.75) is 52.1 Å². The summed E-state index contributed by atoms with van der Waals surface area (Å²) in [6, 6.07) is 11.4. The molecule has 154 valence electrons. The van der Waals surface area contributed by atoms with Gasteiger partial charge in [-0.15, -0.1) is 0 Å². The van der Waals surface area contributed by atoms with Crippen LogP contribution in [0, 0.1) is 5.92 Å². The van der Waals surface area contributed by atoms with Gasteiger partial charge in [0.1, 0.15) is 0 Å². The zero-order valence-corrected chi connectivity index (χ0v) is 17.8. The Labute approximate surface area is 171 Å². The molecule has 0 bridgehead atoms. The minimum Gasteiger partial charge on any atom is -0.339 e. The van der Waals surface area contributed by atoms with Crippen molar-refractivity contribution >= 4 is 5.91 Å². The maximum absolute atomic E-state index is 13.0. The van der Waals surface area contributed by atoms with Crippen LogP contribution in [-0.4, -0.2) is 65.9 Å². The Balaban J connectivity index is 1.49. The number of likely N-dealkylation sites (tertiary alicyclic amines) is 2. The topological polar surface area (TPSA) is 26.8 Å². The van der Waals surface area contributed by atoms with Gasteiger partial charge >= 0.3 is 0 Å². The Morgan fingerprint density at radius 1 is 1.14 bits per heavy atom. The van der Waals surface area contributed by atoms with Gasteiger partial charge in [-0.3, -0.25) is 14.6 Å². The molecule has 1 aromatic carbocycles. The number of likely N-dealkylation sites (N-methyl/N-ethyl adjacent to an activating group) is 1. The molecule has 2 saturated heterocycles. The molecule has 0 aliphatic carbocycles.